The number of anilines is 2. The average molecular weight is 293 g/mol. The van der Waals surface area contributed by atoms with Crippen molar-refractivity contribution < 1.29 is 4.74 Å². The van der Waals surface area contributed by atoms with Crippen molar-refractivity contribution >= 4 is 11.6 Å². The van der Waals surface area contributed by atoms with Gasteiger partial charge in [0.05, 0.1) is 0 Å². The molecule has 1 aromatic heterocycles. The summed E-state index contributed by atoms with van der Waals surface area (Å²) < 4.78 is 5.16. The van der Waals surface area contributed by atoms with Crippen molar-refractivity contribution in [3.8, 4) is 0 Å². The molecule has 1 saturated carbocycles. The van der Waals surface area contributed by atoms with Gasteiger partial charge in [0.1, 0.15) is 18.2 Å². The molecule has 1 aliphatic rings. The molecule has 0 aromatic carbocycles. The van der Waals surface area contributed by atoms with Crippen molar-refractivity contribution in [2.75, 3.05) is 24.0 Å². The van der Waals surface area contributed by atoms with Crippen molar-refractivity contribution in [2.24, 2.45) is 11.8 Å². The maximum atomic E-state index is 5.54. The quantitative estimate of drug-likeness (QED) is 0.593. The van der Waals surface area contributed by atoms with E-state index in [4.69, 9.17) is 10.6 Å². The molecule has 6 heteroatoms. The first-order valence-electron chi connectivity index (χ1n) is 7.74. The highest BCUT2D eigenvalue weighted by Gasteiger charge is 2.25. The van der Waals surface area contributed by atoms with Gasteiger partial charge in [-0.05, 0) is 18.8 Å². The molecule has 0 radical (unpaired) electrons. The normalized spacial score (nSPS) is 15.7. The molecule has 3 N–H and O–H groups in total. The van der Waals surface area contributed by atoms with Crippen LogP contribution in [-0.4, -0.2) is 29.7 Å². The smallest absolute Gasteiger partial charge is 0.158 e. The van der Waals surface area contributed by atoms with Crippen LogP contribution in [0.1, 0.15) is 45.4 Å². The van der Waals surface area contributed by atoms with Gasteiger partial charge in [0.2, 0.25) is 0 Å². The van der Waals surface area contributed by atoms with E-state index in [-0.39, 0.29) is 0 Å². The standard InChI is InChI=1S/C15H27N5O/c1-11(2)9-20(12-6-4-5-7-12)15-8-13(19-16)17-14(18-15)10-21-3/h8,11-12H,4-7,9-10,16H2,1-3H3,(H,17,18,19). The molecule has 1 heterocycles. The third-order valence-corrected chi connectivity index (χ3v) is 3.80. The largest absolute Gasteiger partial charge is 0.377 e. The van der Waals surface area contributed by atoms with Crippen LogP contribution in [0.2, 0.25) is 0 Å². The monoisotopic (exact) mass is 293 g/mol. The Balaban J connectivity index is 2.30. The highest BCUT2D eigenvalue weighted by molar-refractivity contribution is 5.49. The second kappa shape index (κ2) is 7.56. The highest BCUT2D eigenvalue weighted by atomic mass is 16.5. The minimum absolute atomic E-state index is 0.392. The van der Waals surface area contributed by atoms with E-state index in [1.807, 2.05) is 6.07 Å². The number of hydrogen-bond acceptors (Lipinski definition) is 6. The van der Waals surface area contributed by atoms with Crippen LogP contribution in [0.5, 0.6) is 0 Å². The zero-order chi connectivity index (χ0) is 15.2. The second-order valence-electron chi connectivity index (χ2n) is 6.09. The van der Waals surface area contributed by atoms with Crippen molar-refractivity contribution in [2.45, 2.75) is 52.2 Å². The average Bonchev–Trinajstić information content (AvgIpc) is 2.98. The van der Waals surface area contributed by atoms with Crippen LogP contribution in [0.4, 0.5) is 11.6 Å². The summed E-state index contributed by atoms with van der Waals surface area (Å²) in [5, 5.41) is 0. The minimum Gasteiger partial charge on any atom is -0.377 e. The molecular formula is C15H27N5O. The number of nitrogens with one attached hydrogen (secondary N) is 1. The number of rotatable bonds is 7. The Morgan fingerprint density at radius 3 is 2.67 bits per heavy atom. The van der Waals surface area contributed by atoms with E-state index < -0.39 is 0 Å². The maximum Gasteiger partial charge on any atom is 0.158 e. The van der Waals surface area contributed by atoms with Gasteiger partial charge >= 0.3 is 0 Å². The van der Waals surface area contributed by atoms with Crippen LogP contribution < -0.4 is 16.2 Å². The number of nitrogens with two attached hydrogens (primary N) is 1. The fraction of sp³-hybridized carbons (Fsp3) is 0.733. The van der Waals surface area contributed by atoms with Crippen LogP contribution in [-0.2, 0) is 11.3 Å². The van der Waals surface area contributed by atoms with Gasteiger partial charge < -0.3 is 15.1 Å². The number of aromatic nitrogens is 2. The van der Waals surface area contributed by atoms with Crippen LogP contribution >= 0.6 is 0 Å². The Morgan fingerprint density at radius 2 is 2.10 bits per heavy atom. The van der Waals surface area contributed by atoms with Gasteiger partial charge in [-0.25, -0.2) is 15.8 Å². The molecule has 0 amide bonds. The number of ether oxygens (including phenoxy) is 1. The molecule has 21 heavy (non-hydrogen) atoms. The molecule has 0 aliphatic heterocycles. The lowest BCUT2D eigenvalue weighted by atomic mass is 10.1. The van der Waals surface area contributed by atoms with E-state index in [1.54, 1.807) is 7.11 Å². The zero-order valence-electron chi connectivity index (χ0n) is 13.3. The molecular weight excluding hydrogens is 266 g/mol. The van der Waals surface area contributed by atoms with Gasteiger partial charge in [-0.1, -0.05) is 26.7 Å². The van der Waals surface area contributed by atoms with Crippen LogP contribution in [0.25, 0.3) is 0 Å². The van der Waals surface area contributed by atoms with Gasteiger partial charge in [0.15, 0.2) is 5.82 Å². The third kappa shape index (κ3) is 4.28. The number of hydrazine groups is 1. The third-order valence-electron chi connectivity index (χ3n) is 3.80. The lowest BCUT2D eigenvalue weighted by molar-refractivity contribution is 0.178. The summed E-state index contributed by atoms with van der Waals surface area (Å²) in [4.78, 5) is 11.4. The fourth-order valence-corrected chi connectivity index (χ4v) is 2.94. The van der Waals surface area contributed by atoms with Crippen molar-refractivity contribution in [1.29, 1.82) is 0 Å². The van der Waals surface area contributed by atoms with E-state index in [0.29, 0.717) is 30.2 Å². The van der Waals surface area contributed by atoms with Gasteiger partial charge in [-0.15, -0.1) is 0 Å². The summed E-state index contributed by atoms with van der Waals surface area (Å²) in [6.07, 6.45) is 5.08. The summed E-state index contributed by atoms with van der Waals surface area (Å²) in [5.74, 6) is 8.37. The molecule has 1 aliphatic carbocycles. The van der Waals surface area contributed by atoms with Gasteiger partial charge in [-0.3, -0.25) is 0 Å². The van der Waals surface area contributed by atoms with E-state index in [2.05, 4.69) is 34.1 Å². The highest BCUT2D eigenvalue weighted by Crippen LogP contribution is 2.29. The number of nitrogen functional groups attached to an aromatic ring is 1. The summed E-state index contributed by atoms with van der Waals surface area (Å²) >= 11 is 0. The summed E-state index contributed by atoms with van der Waals surface area (Å²) in [6.45, 7) is 5.86. The van der Waals surface area contributed by atoms with Gasteiger partial charge in [0.25, 0.3) is 0 Å². The molecule has 0 spiro atoms. The van der Waals surface area contributed by atoms with Crippen LogP contribution in [0.15, 0.2) is 6.07 Å². The molecule has 0 unspecified atom stereocenters. The van der Waals surface area contributed by atoms with E-state index in [0.717, 1.165) is 12.4 Å². The van der Waals surface area contributed by atoms with E-state index in [1.165, 1.54) is 25.7 Å². The number of methoxy groups -OCH3 is 1. The Kier molecular flexibility index (Phi) is 5.76. The summed E-state index contributed by atoms with van der Waals surface area (Å²) in [6, 6.07) is 2.50. The lowest BCUT2D eigenvalue weighted by Gasteiger charge is -2.32. The van der Waals surface area contributed by atoms with Crippen LogP contribution in [0.3, 0.4) is 0 Å². The first kappa shape index (κ1) is 16.0. The molecule has 118 valence electrons. The maximum absolute atomic E-state index is 5.54. The summed E-state index contributed by atoms with van der Waals surface area (Å²) in [5.41, 5.74) is 2.63. The summed E-state index contributed by atoms with van der Waals surface area (Å²) in [7, 11) is 1.65. The predicted molar refractivity (Wildman–Crippen MR) is 85.0 cm³/mol. The predicted octanol–water partition coefficient (Wildman–Crippen LogP) is 2.31. The zero-order valence-corrected chi connectivity index (χ0v) is 13.3. The number of hydrogen-bond donors (Lipinski definition) is 2. The van der Waals surface area contributed by atoms with Gasteiger partial charge in [0, 0.05) is 25.8 Å². The molecule has 0 bridgehead atoms. The van der Waals surface area contributed by atoms with Gasteiger partial charge in [-0.2, -0.15) is 0 Å². The Bertz CT molecular complexity index is 446. The molecule has 1 fully saturated rings. The Hall–Kier alpha value is -1.40. The molecule has 1 aromatic rings. The molecule has 2 rings (SSSR count). The molecule has 6 nitrogen and oxygen atoms in total. The Morgan fingerprint density at radius 1 is 1.38 bits per heavy atom. The second-order valence-corrected chi connectivity index (χ2v) is 6.09. The van der Waals surface area contributed by atoms with Crippen molar-refractivity contribution in [3.05, 3.63) is 11.9 Å². The van der Waals surface area contributed by atoms with E-state index in [9.17, 15) is 0 Å². The van der Waals surface area contributed by atoms with Crippen LogP contribution in [0, 0.1) is 5.92 Å². The van der Waals surface area contributed by atoms with Crippen molar-refractivity contribution in [1.82, 2.24) is 9.97 Å². The number of nitrogens with zero attached hydrogens (tertiary/aromatic N) is 3. The SMILES string of the molecule is COCc1nc(NN)cc(N(CC(C)C)C2CCCC2)n1. The first-order valence-corrected chi connectivity index (χ1v) is 7.74. The topological polar surface area (TPSA) is 76.3 Å². The Labute approximate surface area is 127 Å². The lowest BCUT2D eigenvalue weighted by Crippen LogP contribution is -2.37. The molecule has 0 saturated heterocycles. The van der Waals surface area contributed by atoms with E-state index >= 15 is 0 Å². The fourth-order valence-electron chi connectivity index (χ4n) is 2.94. The first-order chi connectivity index (χ1) is 10.1. The minimum atomic E-state index is 0.392. The van der Waals surface area contributed by atoms with Crippen molar-refractivity contribution in [3.63, 3.8) is 0 Å². The molecule has 0 atom stereocenters.